The standard InChI is InChI=1S/C7H6N4/c1-2-4-6(5-3-1)7-8-10-11-9-7/h1-5H,(H,8,9,10,11)/i/hD. The molecule has 0 saturated carbocycles. The van der Waals surface area contributed by atoms with Crippen molar-refractivity contribution >= 4 is 0 Å². The smallest absolute Gasteiger partial charge is 0.194 e. The van der Waals surface area contributed by atoms with Gasteiger partial charge in [-0.2, -0.15) is 0 Å². The lowest BCUT2D eigenvalue weighted by molar-refractivity contribution is 0.881. The highest BCUT2D eigenvalue weighted by atomic mass is 15.5. The second-order valence-corrected chi connectivity index (χ2v) is 2.07. The Morgan fingerprint density at radius 3 is 2.73 bits per heavy atom. The molecular formula is C7H6N4. The van der Waals surface area contributed by atoms with Crippen molar-refractivity contribution in [2.45, 2.75) is 0 Å². The van der Waals surface area contributed by atoms with E-state index in [1.165, 1.54) is 0 Å². The summed E-state index contributed by atoms with van der Waals surface area (Å²) in [6.45, 7) is 0. The highest BCUT2D eigenvalue weighted by molar-refractivity contribution is 5.52. The number of aromatic nitrogens is 4. The fraction of sp³-hybridized carbons (Fsp3) is 0. The van der Waals surface area contributed by atoms with Gasteiger partial charge in [0.1, 0.15) is 0 Å². The zero-order chi connectivity index (χ0) is 8.39. The molecule has 0 saturated heterocycles. The van der Waals surface area contributed by atoms with Crippen molar-refractivity contribution in [1.29, 1.82) is 0 Å². The first-order valence-electron chi connectivity index (χ1n) is 3.66. The van der Waals surface area contributed by atoms with Gasteiger partial charge in [-0.3, -0.25) is 0 Å². The fourth-order valence-electron chi connectivity index (χ4n) is 0.847. The predicted octanol–water partition coefficient (Wildman–Crippen LogP) is 0.867. The average molecular weight is 147 g/mol. The van der Waals surface area contributed by atoms with Crippen LogP contribution in [0.4, 0.5) is 0 Å². The number of hydrogen-bond acceptors (Lipinski definition) is 3. The molecule has 1 heterocycles. The minimum Gasteiger partial charge on any atom is -0.239 e. The van der Waals surface area contributed by atoms with Crippen molar-refractivity contribution in [3.63, 3.8) is 0 Å². The summed E-state index contributed by atoms with van der Waals surface area (Å²) in [5.41, 5.74) is 0.845. The number of nitrogens with one attached hydrogen (secondary N) is 1. The van der Waals surface area contributed by atoms with E-state index in [0.29, 0.717) is 5.82 Å². The SMILES string of the molecule is [2H]n1nnnc1-c1ccccc1. The van der Waals surface area contributed by atoms with Gasteiger partial charge in [0, 0.05) is 5.56 Å². The largest absolute Gasteiger partial charge is 0.239 e. The lowest BCUT2D eigenvalue weighted by atomic mass is 10.2. The monoisotopic (exact) mass is 147 g/mol. The normalized spacial score (nSPS) is 11.1. The van der Waals surface area contributed by atoms with Gasteiger partial charge in [0.2, 0.25) is 0 Å². The van der Waals surface area contributed by atoms with Crippen LogP contribution in [0.25, 0.3) is 11.4 Å². The molecule has 4 heteroatoms. The molecule has 11 heavy (non-hydrogen) atoms. The number of nitrogens with zero attached hydrogens (tertiary/aromatic N) is 3. The van der Waals surface area contributed by atoms with Crippen LogP contribution in [-0.2, 0) is 0 Å². The second kappa shape index (κ2) is 2.49. The first-order valence-corrected chi connectivity index (χ1v) is 3.21. The second-order valence-electron chi connectivity index (χ2n) is 2.07. The molecule has 2 aromatic rings. The van der Waals surface area contributed by atoms with E-state index in [1.807, 2.05) is 30.3 Å². The molecule has 1 N–H and O–H groups in total. The summed E-state index contributed by atoms with van der Waals surface area (Å²) in [5, 5.41) is 11.4. The molecule has 0 aliphatic heterocycles. The maximum absolute atomic E-state index is 7.27. The topological polar surface area (TPSA) is 54.5 Å². The third kappa shape index (κ3) is 1.10. The molecule has 0 spiro atoms. The van der Waals surface area contributed by atoms with Gasteiger partial charge in [-0.25, -0.2) is 5.09 Å². The van der Waals surface area contributed by atoms with E-state index in [-0.39, 0.29) is 0 Å². The summed E-state index contributed by atoms with van der Waals surface area (Å²) in [6, 6.07) is 9.38. The molecule has 0 amide bonds. The van der Waals surface area contributed by atoms with Gasteiger partial charge >= 0.3 is 0 Å². The number of H-pyrrole nitrogens is 1. The summed E-state index contributed by atoms with van der Waals surface area (Å²) in [6.07, 6.45) is 0. The predicted molar refractivity (Wildman–Crippen MR) is 39.6 cm³/mol. The van der Waals surface area contributed by atoms with Crippen LogP contribution in [0, 0.1) is 0 Å². The van der Waals surface area contributed by atoms with Crippen molar-refractivity contribution < 1.29 is 1.41 Å². The lowest BCUT2D eigenvalue weighted by Gasteiger charge is -1.90. The molecule has 0 aliphatic rings. The summed E-state index contributed by atoms with van der Waals surface area (Å²) < 4.78 is 7.27. The summed E-state index contributed by atoms with van der Waals surface area (Å²) >= 11 is 0. The van der Waals surface area contributed by atoms with Crippen molar-refractivity contribution in [1.82, 2.24) is 20.6 Å². The van der Waals surface area contributed by atoms with Crippen LogP contribution in [-0.4, -0.2) is 20.6 Å². The molecule has 2 rings (SSSR count). The van der Waals surface area contributed by atoms with Crippen LogP contribution in [0.5, 0.6) is 0 Å². The fourth-order valence-corrected chi connectivity index (χ4v) is 0.847. The molecule has 1 aromatic carbocycles. The van der Waals surface area contributed by atoms with E-state index in [4.69, 9.17) is 1.41 Å². The van der Waals surface area contributed by atoms with Crippen molar-refractivity contribution in [2.24, 2.45) is 0 Å². The van der Waals surface area contributed by atoms with E-state index < -0.39 is 0 Å². The number of benzene rings is 1. The summed E-state index contributed by atoms with van der Waals surface area (Å²) in [7, 11) is 0. The quantitative estimate of drug-likeness (QED) is 0.651. The molecule has 0 fully saturated rings. The van der Waals surface area contributed by atoms with Crippen molar-refractivity contribution in [3.8, 4) is 11.4 Å². The van der Waals surface area contributed by atoms with Gasteiger partial charge in [-0.05, 0) is 10.4 Å². The highest BCUT2D eigenvalue weighted by Crippen LogP contribution is 2.10. The summed E-state index contributed by atoms with van der Waals surface area (Å²) in [4.78, 5) is 0. The Bertz CT molecular complexity index is 370. The Kier molecular flexibility index (Phi) is 1.14. The van der Waals surface area contributed by atoms with E-state index in [1.54, 1.807) is 0 Å². The molecular weight excluding hydrogens is 140 g/mol. The van der Waals surface area contributed by atoms with Crippen LogP contribution in [0.3, 0.4) is 0 Å². The number of aromatic amines is 1. The van der Waals surface area contributed by atoms with Gasteiger partial charge in [0.25, 0.3) is 0 Å². The Balaban J connectivity index is 2.51. The highest BCUT2D eigenvalue weighted by Gasteiger charge is 1.97. The zero-order valence-electron chi connectivity index (χ0n) is 6.68. The third-order valence-electron chi connectivity index (χ3n) is 1.35. The van der Waals surface area contributed by atoms with Gasteiger partial charge in [0.15, 0.2) is 7.24 Å². The van der Waals surface area contributed by atoms with Crippen LogP contribution in [0.2, 0.25) is 1.41 Å². The van der Waals surface area contributed by atoms with E-state index >= 15 is 0 Å². The maximum Gasteiger partial charge on any atom is 0.194 e. The molecule has 0 radical (unpaired) electrons. The first kappa shape index (κ1) is 5.01. The van der Waals surface area contributed by atoms with Gasteiger partial charge in [-0.15, -0.1) is 5.10 Å². The Morgan fingerprint density at radius 1 is 1.27 bits per heavy atom. The van der Waals surface area contributed by atoms with E-state index in [0.717, 1.165) is 10.7 Å². The minimum absolute atomic E-state index is 0.454. The molecule has 0 atom stereocenters. The van der Waals surface area contributed by atoms with Gasteiger partial charge < -0.3 is 0 Å². The molecule has 4 nitrogen and oxygen atoms in total. The molecule has 1 aromatic heterocycles. The molecule has 0 aliphatic carbocycles. The van der Waals surface area contributed by atoms with Crippen molar-refractivity contribution in [3.05, 3.63) is 30.3 Å². The third-order valence-corrected chi connectivity index (χ3v) is 1.35. The average Bonchev–Trinajstić information content (AvgIpc) is 2.53. The molecule has 54 valence electrons. The summed E-state index contributed by atoms with van der Waals surface area (Å²) in [5.74, 6) is 0.454. The minimum atomic E-state index is 0.454. The lowest BCUT2D eigenvalue weighted by Crippen LogP contribution is -1.78. The Morgan fingerprint density at radius 2 is 2.09 bits per heavy atom. The molecule has 0 unspecified atom stereocenters. The van der Waals surface area contributed by atoms with Gasteiger partial charge in [-0.1, -0.05) is 30.3 Å². The Labute approximate surface area is 64.7 Å². The first-order chi connectivity index (χ1) is 5.88. The van der Waals surface area contributed by atoms with Crippen LogP contribution >= 0.6 is 0 Å². The zero-order valence-corrected chi connectivity index (χ0v) is 5.68. The molecule has 0 bridgehead atoms. The maximum atomic E-state index is 7.27. The van der Waals surface area contributed by atoms with E-state index in [9.17, 15) is 0 Å². The van der Waals surface area contributed by atoms with Crippen LogP contribution < -0.4 is 0 Å². The van der Waals surface area contributed by atoms with Crippen molar-refractivity contribution in [2.75, 3.05) is 0 Å². The number of rotatable bonds is 1. The number of hydrogen-bond donors (Lipinski definition) is 1. The van der Waals surface area contributed by atoms with Crippen LogP contribution in [0.15, 0.2) is 30.3 Å². The van der Waals surface area contributed by atoms with Crippen LogP contribution in [0.1, 0.15) is 0 Å². The Hall–Kier alpha value is -1.71. The van der Waals surface area contributed by atoms with E-state index in [2.05, 4.69) is 15.5 Å². The number of tetrazole rings is 1. The van der Waals surface area contributed by atoms with Gasteiger partial charge in [0.05, 0.1) is 0 Å².